The summed E-state index contributed by atoms with van der Waals surface area (Å²) in [6, 6.07) is 9.45. The van der Waals surface area contributed by atoms with Gasteiger partial charge in [0.2, 0.25) is 0 Å². The van der Waals surface area contributed by atoms with Gasteiger partial charge in [-0.05, 0) is 37.7 Å². The van der Waals surface area contributed by atoms with E-state index in [0.29, 0.717) is 0 Å². The summed E-state index contributed by atoms with van der Waals surface area (Å²) in [6.45, 7) is 2.19. The normalized spacial score (nSPS) is 23.2. The highest BCUT2D eigenvalue weighted by molar-refractivity contribution is 6.01. The molecule has 2 atom stereocenters. The molecule has 23 heavy (non-hydrogen) atoms. The van der Waals surface area contributed by atoms with Crippen LogP contribution in [-0.2, 0) is 4.74 Å². The number of hydrogen-bond acceptors (Lipinski definition) is 2. The maximum absolute atomic E-state index is 12.5. The van der Waals surface area contributed by atoms with E-state index >= 15 is 0 Å². The lowest BCUT2D eigenvalue weighted by Crippen LogP contribution is -2.13. The fourth-order valence-electron chi connectivity index (χ4n) is 3.16. The van der Waals surface area contributed by atoms with E-state index in [9.17, 15) is 4.79 Å². The van der Waals surface area contributed by atoms with Crippen LogP contribution in [0, 0.1) is 11.8 Å². The molecule has 0 N–H and O–H groups in total. The Bertz CT molecular complexity index is 645. The fourth-order valence-corrected chi connectivity index (χ4v) is 3.16. The van der Waals surface area contributed by atoms with Crippen LogP contribution in [0.25, 0.3) is 0 Å². The van der Waals surface area contributed by atoms with Crippen molar-refractivity contribution in [2.75, 3.05) is 0 Å². The summed E-state index contributed by atoms with van der Waals surface area (Å²) in [6.07, 6.45) is 7.43. The molecule has 2 unspecified atom stereocenters. The summed E-state index contributed by atoms with van der Waals surface area (Å²) in [5, 5.41) is 0. The van der Waals surface area contributed by atoms with E-state index in [2.05, 4.69) is 18.8 Å². The highest BCUT2D eigenvalue weighted by Crippen LogP contribution is 2.39. The summed E-state index contributed by atoms with van der Waals surface area (Å²) in [7, 11) is 0. The highest BCUT2D eigenvalue weighted by Gasteiger charge is 2.48. The van der Waals surface area contributed by atoms with Gasteiger partial charge in [0.25, 0.3) is 0 Å². The van der Waals surface area contributed by atoms with Crippen LogP contribution in [-0.4, -0.2) is 18.0 Å². The molecule has 3 rings (SSSR count). The lowest BCUT2D eigenvalue weighted by molar-refractivity contribution is 0.0953. The fraction of sp³-hybridized carbons (Fsp3) is 0.476. The zero-order valence-corrected chi connectivity index (χ0v) is 13.8. The predicted molar refractivity (Wildman–Crippen MR) is 92.2 cm³/mol. The molecule has 2 aliphatic rings. The predicted octanol–water partition coefficient (Wildman–Crippen LogP) is 4.70. The number of ether oxygens (including phenoxy) is 1. The van der Waals surface area contributed by atoms with Crippen molar-refractivity contribution in [1.82, 2.24) is 0 Å². The van der Waals surface area contributed by atoms with E-state index in [-0.39, 0.29) is 18.0 Å². The molecule has 0 saturated carbocycles. The molecular weight excluding hydrogens is 284 g/mol. The van der Waals surface area contributed by atoms with Crippen LogP contribution >= 0.6 is 0 Å². The van der Waals surface area contributed by atoms with Crippen LogP contribution in [0.2, 0.25) is 0 Å². The molecule has 2 nitrogen and oxygen atoms in total. The Balaban J connectivity index is 1.71. The first-order valence-corrected chi connectivity index (χ1v) is 8.76. The minimum absolute atomic E-state index is 0.0292. The summed E-state index contributed by atoms with van der Waals surface area (Å²) in [5.74, 6) is 6.77. The summed E-state index contributed by atoms with van der Waals surface area (Å²) in [4.78, 5) is 12.5. The molecule has 1 aromatic carbocycles. The molecule has 1 saturated heterocycles. The van der Waals surface area contributed by atoms with Gasteiger partial charge in [-0.2, -0.15) is 0 Å². The smallest absolute Gasteiger partial charge is 0.194 e. The molecule has 120 valence electrons. The number of unbranched alkanes of at least 4 members (excludes halogenated alkanes) is 2. The van der Waals surface area contributed by atoms with Crippen molar-refractivity contribution in [2.24, 2.45) is 0 Å². The van der Waals surface area contributed by atoms with Crippen LogP contribution in [0.1, 0.15) is 62.2 Å². The SMILES string of the molecule is CCCCC#CC1=C(C2OC2C(=O)c2ccccc2)CCCC1. The molecule has 0 amide bonds. The van der Waals surface area contributed by atoms with Crippen molar-refractivity contribution in [3.05, 3.63) is 47.0 Å². The number of carbonyl (C=O) groups is 1. The standard InChI is InChI=1S/C21H24O2/c1-2-3-4-6-11-16-12-9-10-15-18(16)20-21(23-20)19(22)17-13-7-5-8-14-17/h5,7-8,13-14,20-21H,2-4,9-10,12,15H2,1H3. The van der Waals surface area contributed by atoms with E-state index < -0.39 is 0 Å². The monoisotopic (exact) mass is 308 g/mol. The number of ketones is 1. The van der Waals surface area contributed by atoms with Crippen molar-refractivity contribution in [2.45, 2.75) is 64.1 Å². The van der Waals surface area contributed by atoms with Crippen LogP contribution in [0.15, 0.2) is 41.5 Å². The minimum atomic E-state index is -0.294. The van der Waals surface area contributed by atoms with E-state index in [1.54, 1.807) is 0 Å². The molecule has 2 heteroatoms. The highest BCUT2D eigenvalue weighted by atomic mass is 16.6. The van der Waals surface area contributed by atoms with Gasteiger partial charge in [-0.3, -0.25) is 4.79 Å². The Morgan fingerprint density at radius 2 is 2.00 bits per heavy atom. The van der Waals surface area contributed by atoms with Crippen molar-refractivity contribution in [3.8, 4) is 11.8 Å². The first kappa shape index (κ1) is 16.0. The number of epoxide rings is 1. The third-order valence-corrected chi connectivity index (χ3v) is 4.56. The third-order valence-electron chi connectivity index (χ3n) is 4.56. The molecule has 0 aromatic heterocycles. The van der Waals surface area contributed by atoms with E-state index in [0.717, 1.165) is 31.2 Å². The molecule has 1 aliphatic heterocycles. The Morgan fingerprint density at radius 3 is 2.78 bits per heavy atom. The van der Waals surface area contributed by atoms with Gasteiger partial charge in [0, 0.05) is 17.6 Å². The second kappa shape index (κ2) is 7.62. The number of carbonyl (C=O) groups excluding carboxylic acids is 1. The number of Topliss-reactive ketones (excluding diaryl/α,β-unsaturated/α-hetero) is 1. The Kier molecular flexibility index (Phi) is 5.31. The van der Waals surface area contributed by atoms with Gasteiger partial charge in [0.15, 0.2) is 11.9 Å². The quantitative estimate of drug-likeness (QED) is 0.341. The maximum atomic E-state index is 12.5. The van der Waals surface area contributed by atoms with Crippen molar-refractivity contribution < 1.29 is 9.53 Å². The molecule has 0 radical (unpaired) electrons. The van der Waals surface area contributed by atoms with Crippen LogP contribution in [0.3, 0.4) is 0 Å². The summed E-state index contributed by atoms with van der Waals surface area (Å²) >= 11 is 0. The molecule has 1 fully saturated rings. The zero-order valence-electron chi connectivity index (χ0n) is 13.8. The van der Waals surface area contributed by atoms with Gasteiger partial charge >= 0.3 is 0 Å². The lowest BCUT2D eigenvalue weighted by Gasteiger charge is -2.15. The lowest BCUT2D eigenvalue weighted by atomic mass is 9.88. The average molecular weight is 308 g/mol. The Labute approximate surface area is 138 Å². The molecule has 0 spiro atoms. The van der Waals surface area contributed by atoms with Gasteiger partial charge in [0.05, 0.1) is 0 Å². The summed E-state index contributed by atoms with van der Waals surface area (Å²) < 4.78 is 5.76. The maximum Gasteiger partial charge on any atom is 0.194 e. The average Bonchev–Trinajstić information content (AvgIpc) is 3.40. The van der Waals surface area contributed by atoms with Crippen LogP contribution in [0.4, 0.5) is 0 Å². The Morgan fingerprint density at radius 1 is 1.22 bits per heavy atom. The van der Waals surface area contributed by atoms with Crippen LogP contribution in [0.5, 0.6) is 0 Å². The zero-order chi connectivity index (χ0) is 16.1. The summed E-state index contributed by atoms with van der Waals surface area (Å²) in [5.41, 5.74) is 3.27. The molecule has 1 heterocycles. The van der Waals surface area contributed by atoms with Crippen molar-refractivity contribution in [1.29, 1.82) is 0 Å². The number of allylic oxidation sites excluding steroid dienone is 1. The van der Waals surface area contributed by atoms with Gasteiger partial charge in [-0.1, -0.05) is 55.5 Å². The first-order valence-electron chi connectivity index (χ1n) is 8.76. The number of rotatable bonds is 5. The van der Waals surface area contributed by atoms with E-state index in [1.807, 2.05) is 30.3 Å². The van der Waals surface area contributed by atoms with Gasteiger partial charge in [0.1, 0.15) is 6.10 Å². The van der Waals surface area contributed by atoms with Gasteiger partial charge in [-0.25, -0.2) is 0 Å². The van der Waals surface area contributed by atoms with Crippen LogP contribution < -0.4 is 0 Å². The van der Waals surface area contributed by atoms with Gasteiger partial charge in [-0.15, -0.1) is 0 Å². The second-order valence-corrected chi connectivity index (χ2v) is 6.32. The third kappa shape index (κ3) is 3.92. The largest absolute Gasteiger partial charge is 0.356 e. The van der Waals surface area contributed by atoms with Crippen molar-refractivity contribution in [3.63, 3.8) is 0 Å². The van der Waals surface area contributed by atoms with Gasteiger partial charge < -0.3 is 4.74 Å². The van der Waals surface area contributed by atoms with E-state index in [4.69, 9.17) is 4.74 Å². The first-order chi connectivity index (χ1) is 11.3. The minimum Gasteiger partial charge on any atom is -0.356 e. The Hall–Kier alpha value is -1.85. The molecule has 1 aliphatic carbocycles. The second-order valence-electron chi connectivity index (χ2n) is 6.32. The molecule has 0 bridgehead atoms. The molecular formula is C21H24O2. The number of hydrogen-bond donors (Lipinski definition) is 0. The molecule has 1 aromatic rings. The van der Waals surface area contributed by atoms with Crippen molar-refractivity contribution >= 4 is 5.78 Å². The number of benzene rings is 1. The topological polar surface area (TPSA) is 29.6 Å². The van der Waals surface area contributed by atoms with E-state index in [1.165, 1.54) is 30.4 Å².